The third kappa shape index (κ3) is 5.60. The predicted octanol–water partition coefficient (Wildman–Crippen LogP) is 15.0. The molecule has 0 amide bonds. The van der Waals surface area contributed by atoms with Gasteiger partial charge >= 0.3 is 0 Å². The Morgan fingerprint density at radius 1 is 0.509 bits per heavy atom. The fourth-order valence-electron chi connectivity index (χ4n) is 10.6. The molecule has 1 heteroatoms. The van der Waals surface area contributed by atoms with Gasteiger partial charge < -0.3 is 4.42 Å². The summed E-state index contributed by atoms with van der Waals surface area (Å²) in [6.45, 7) is 0. The van der Waals surface area contributed by atoms with Crippen molar-refractivity contribution in [1.82, 2.24) is 0 Å². The van der Waals surface area contributed by atoms with Gasteiger partial charge in [-0.05, 0) is 123 Å². The first kappa shape index (κ1) is 32.5. The van der Waals surface area contributed by atoms with Crippen LogP contribution in [0.15, 0.2) is 174 Å². The van der Waals surface area contributed by atoms with E-state index < -0.39 is 0 Å². The molecule has 5 atom stereocenters. The molecule has 0 spiro atoms. The van der Waals surface area contributed by atoms with Gasteiger partial charge in [-0.25, -0.2) is 0 Å². The topological polar surface area (TPSA) is 13.1 Å². The molecular formula is C54H44O. The van der Waals surface area contributed by atoms with Gasteiger partial charge in [-0.3, -0.25) is 0 Å². The first-order valence-electron chi connectivity index (χ1n) is 20.3. The van der Waals surface area contributed by atoms with Gasteiger partial charge in [0.1, 0.15) is 11.3 Å². The summed E-state index contributed by atoms with van der Waals surface area (Å²) in [7, 11) is 0. The van der Waals surface area contributed by atoms with Crippen LogP contribution in [0.3, 0.4) is 0 Å². The van der Waals surface area contributed by atoms with E-state index >= 15 is 0 Å². The number of benzene rings is 7. The summed E-state index contributed by atoms with van der Waals surface area (Å²) in [5.74, 6) is 3.31. The second-order valence-corrected chi connectivity index (χ2v) is 16.2. The zero-order valence-corrected chi connectivity index (χ0v) is 31.1. The quantitative estimate of drug-likeness (QED) is 0.162. The number of allylic oxidation sites excluding steroid dienone is 3. The molecule has 0 saturated heterocycles. The number of fused-ring (bicyclic) bond motifs is 7. The molecule has 0 aliphatic heterocycles. The fourth-order valence-corrected chi connectivity index (χ4v) is 10.6. The molecule has 11 rings (SSSR count). The molecule has 0 N–H and O–H groups in total. The highest BCUT2D eigenvalue weighted by Gasteiger charge is 2.35. The molecule has 55 heavy (non-hydrogen) atoms. The summed E-state index contributed by atoms with van der Waals surface area (Å²) in [6.07, 6.45) is 15.1. The average Bonchev–Trinajstić information content (AvgIpc) is 3.67. The Morgan fingerprint density at radius 3 is 2.05 bits per heavy atom. The number of hydrogen-bond acceptors (Lipinski definition) is 1. The highest BCUT2D eigenvalue weighted by Crippen LogP contribution is 2.53. The van der Waals surface area contributed by atoms with Gasteiger partial charge in [-0.1, -0.05) is 164 Å². The first-order valence-corrected chi connectivity index (χ1v) is 20.3. The second-order valence-electron chi connectivity index (χ2n) is 16.2. The highest BCUT2D eigenvalue weighted by atomic mass is 16.3. The molecule has 7 aromatic carbocycles. The zero-order chi connectivity index (χ0) is 36.3. The van der Waals surface area contributed by atoms with E-state index in [1.807, 2.05) is 0 Å². The van der Waals surface area contributed by atoms with Crippen molar-refractivity contribution in [3.8, 4) is 22.3 Å². The Labute approximate surface area is 323 Å². The van der Waals surface area contributed by atoms with Crippen LogP contribution in [-0.4, -0.2) is 0 Å². The summed E-state index contributed by atoms with van der Waals surface area (Å²) in [4.78, 5) is 0. The van der Waals surface area contributed by atoms with Gasteiger partial charge in [0.2, 0.25) is 0 Å². The second kappa shape index (κ2) is 13.4. The summed E-state index contributed by atoms with van der Waals surface area (Å²) in [6, 6.07) is 56.9. The van der Waals surface area contributed by atoms with Crippen LogP contribution in [0, 0.1) is 5.92 Å². The maximum atomic E-state index is 7.03. The summed E-state index contributed by atoms with van der Waals surface area (Å²) in [5.41, 5.74) is 11.8. The molecular weight excluding hydrogens is 665 g/mol. The first-order chi connectivity index (χ1) is 27.3. The van der Waals surface area contributed by atoms with Crippen LogP contribution >= 0.6 is 0 Å². The Hall–Kier alpha value is -5.92. The van der Waals surface area contributed by atoms with Gasteiger partial charge in [0.15, 0.2) is 0 Å². The van der Waals surface area contributed by atoms with Crippen LogP contribution in [0.2, 0.25) is 0 Å². The lowest BCUT2D eigenvalue weighted by Crippen LogP contribution is -2.20. The molecule has 1 aromatic heterocycles. The lowest BCUT2D eigenvalue weighted by molar-refractivity contribution is 0.353. The summed E-state index contributed by atoms with van der Waals surface area (Å²) < 4.78 is 7.03. The van der Waals surface area contributed by atoms with E-state index in [1.165, 1.54) is 77.9 Å². The van der Waals surface area contributed by atoms with Crippen molar-refractivity contribution in [3.63, 3.8) is 0 Å². The molecule has 1 nitrogen and oxygen atoms in total. The van der Waals surface area contributed by atoms with Crippen LogP contribution in [-0.2, 0) is 0 Å². The van der Waals surface area contributed by atoms with Crippen molar-refractivity contribution < 1.29 is 4.42 Å². The van der Waals surface area contributed by atoms with Gasteiger partial charge in [-0.15, -0.1) is 0 Å². The van der Waals surface area contributed by atoms with E-state index in [9.17, 15) is 0 Å². The Bertz CT molecular complexity index is 2760. The molecule has 1 heterocycles. The predicted molar refractivity (Wildman–Crippen MR) is 231 cm³/mol. The molecule has 3 aliphatic rings. The Kier molecular flexibility index (Phi) is 7.94. The molecule has 0 radical (unpaired) electrons. The van der Waals surface area contributed by atoms with Crippen LogP contribution in [0.1, 0.15) is 83.8 Å². The molecule has 0 bridgehead atoms. The lowest BCUT2D eigenvalue weighted by Gasteiger charge is -2.36. The Morgan fingerprint density at radius 2 is 1.20 bits per heavy atom. The van der Waals surface area contributed by atoms with E-state index in [1.54, 1.807) is 0 Å². The third-order valence-electron chi connectivity index (χ3n) is 13.2. The molecule has 1 saturated carbocycles. The molecule has 5 unspecified atom stereocenters. The van der Waals surface area contributed by atoms with E-state index in [0.29, 0.717) is 29.6 Å². The van der Waals surface area contributed by atoms with E-state index in [2.05, 4.69) is 176 Å². The van der Waals surface area contributed by atoms with Crippen LogP contribution in [0.4, 0.5) is 0 Å². The molecule has 3 aliphatic carbocycles. The van der Waals surface area contributed by atoms with Crippen LogP contribution in [0.25, 0.3) is 60.8 Å². The SMILES string of the molecule is C1=CC2C=Cc3oc4c(-c5ccc(C6CC(c7ccccc7)CC(c7ccc8ccccc8c7)C6)c6ccccc56)ccc(-c5ccccc5)c4c3C2CC1. The van der Waals surface area contributed by atoms with Crippen molar-refractivity contribution in [2.24, 2.45) is 5.92 Å². The van der Waals surface area contributed by atoms with Gasteiger partial charge in [-0.2, -0.15) is 0 Å². The van der Waals surface area contributed by atoms with E-state index in [-0.39, 0.29) is 0 Å². The minimum atomic E-state index is 0.420. The van der Waals surface area contributed by atoms with Crippen molar-refractivity contribution in [1.29, 1.82) is 0 Å². The Balaban J connectivity index is 1.06. The van der Waals surface area contributed by atoms with Crippen LogP contribution in [0.5, 0.6) is 0 Å². The summed E-state index contributed by atoms with van der Waals surface area (Å²) in [5, 5.41) is 6.61. The van der Waals surface area contributed by atoms with Crippen molar-refractivity contribution in [2.45, 2.75) is 55.8 Å². The van der Waals surface area contributed by atoms with Crippen LogP contribution < -0.4 is 0 Å². The van der Waals surface area contributed by atoms with E-state index in [4.69, 9.17) is 4.42 Å². The number of hydrogen-bond donors (Lipinski definition) is 0. The molecule has 1 fully saturated rings. The maximum Gasteiger partial charge on any atom is 0.143 e. The van der Waals surface area contributed by atoms with Crippen molar-refractivity contribution >= 4 is 38.6 Å². The van der Waals surface area contributed by atoms with Crippen molar-refractivity contribution in [2.75, 3.05) is 0 Å². The smallest absolute Gasteiger partial charge is 0.143 e. The van der Waals surface area contributed by atoms with Gasteiger partial charge in [0.25, 0.3) is 0 Å². The zero-order valence-electron chi connectivity index (χ0n) is 31.1. The largest absolute Gasteiger partial charge is 0.456 e. The lowest BCUT2D eigenvalue weighted by atomic mass is 9.68. The maximum absolute atomic E-state index is 7.03. The highest BCUT2D eigenvalue weighted by molar-refractivity contribution is 6.10. The number of furan rings is 1. The average molecular weight is 709 g/mol. The van der Waals surface area contributed by atoms with E-state index in [0.717, 1.165) is 37.0 Å². The minimum Gasteiger partial charge on any atom is -0.456 e. The molecule has 266 valence electrons. The monoisotopic (exact) mass is 708 g/mol. The minimum absolute atomic E-state index is 0.420. The van der Waals surface area contributed by atoms with Gasteiger partial charge in [0, 0.05) is 22.4 Å². The molecule has 8 aromatic rings. The summed E-state index contributed by atoms with van der Waals surface area (Å²) >= 11 is 0. The third-order valence-corrected chi connectivity index (χ3v) is 13.2. The number of rotatable bonds is 5. The standard InChI is InChI=1S/C54H44O/c1-3-13-35(14-4-1)41-32-42(40-24-23-36-15-7-8-19-39(36)31-40)34-43(33-41)44-26-28-49(48-22-12-11-21-47(44)48)50-29-27-46(37-16-5-2-6-17-37)53-52-45-20-10-9-18-38(45)25-30-51(52)55-54(50)53/h1-9,11-19,21-31,38,41-43,45H,10,20,32-34H2. The van der Waals surface area contributed by atoms with Gasteiger partial charge in [0.05, 0.1) is 0 Å². The van der Waals surface area contributed by atoms with Crippen molar-refractivity contribution in [3.05, 3.63) is 198 Å². The fraction of sp³-hybridized carbons (Fsp3) is 0.185. The normalized spacial score (nSPS) is 21.9.